The molecule has 0 bridgehead atoms. The summed E-state index contributed by atoms with van der Waals surface area (Å²) in [5, 5.41) is 5.61. The molecule has 0 spiro atoms. The maximum Gasteiger partial charge on any atom is 0.234 e. The fourth-order valence-electron chi connectivity index (χ4n) is 3.08. The zero-order valence-corrected chi connectivity index (χ0v) is 19.1. The molecule has 158 valence electrons. The Hall–Kier alpha value is -2.25. The number of para-hydroxylation sites is 1. The summed E-state index contributed by atoms with van der Waals surface area (Å²) in [6, 6.07) is 7.91. The second-order valence-corrected chi connectivity index (χ2v) is 8.90. The van der Waals surface area contributed by atoms with Crippen molar-refractivity contribution in [2.24, 2.45) is 0 Å². The molecule has 0 saturated carbocycles. The summed E-state index contributed by atoms with van der Waals surface area (Å²) in [7, 11) is 0. The lowest BCUT2D eigenvalue weighted by Crippen LogP contribution is -2.45. The van der Waals surface area contributed by atoms with Gasteiger partial charge in [-0.3, -0.25) is 19.4 Å². The third kappa shape index (κ3) is 6.65. The molecule has 0 atom stereocenters. The van der Waals surface area contributed by atoms with Crippen LogP contribution in [0, 0.1) is 0 Å². The number of rotatable bonds is 8. The van der Waals surface area contributed by atoms with Crippen LogP contribution in [0.4, 0.5) is 10.8 Å². The van der Waals surface area contributed by atoms with E-state index >= 15 is 0 Å². The molecule has 0 radical (unpaired) electrons. The minimum Gasteiger partial charge on any atom is -0.350 e. The molecule has 6 nitrogen and oxygen atoms in total. The van der Waals surface area contributed by atoms with Crippen molar-refractivity contribution < 1.29 is 9.59 Å². The number of nitrogens with zero attached hydrogens (tertiary/aromatic N) is 3. The maximum absolute atomic E-state index is 12.4. The monoisotopic (exact) mass is 416 g/mol. The van der Waals surface area contributed by atoms with E-state index in [9.17, 15) is 9.59 Å². The molecule has 2 aromatic rings. The molecular weight excluding hydrogens is 384 g/mol. The van der Waals surface area contributed by atoms with Gasteiger partial charge < -0.3 is 5.32 Å². The number of carbonyl (C=O) groups is 2. The highest BCUT2D eigenvalue weighted by Gasteiger charge is 2.21. The van der Waals surface area contributed by atoms with Crippen molar-refractivity contribution in [3.05, 3.63) is 40.9 Å². The summed E-state index contributed by atoms with van der Waals surface area (Å²) in [5.74, 6) is -0.0688. The third-order valence-electron chi connectivity index (χ3n) is 4.37. The van der Waals surface area contributed by atoms with Crippen LogP contribution < -0.4 is 10.2 Å². The number of benzene rings is 1. The third-order valence-corrected chi connectivity index (χ3v) is 5.25. The van der Waals surface area contributed by atoms with Gasteiger partial charge in [-0.2, -0.15) is 0 Å². The molecule has 7 heteroatoms. The molecule has 1 aromatic carbocycles. The van der Waals surface area contributed by atoms with Crippen LogP contribution >= 0.6 is 11.3 Å². The first kappa shape index (κ1) is 23.0. The molecule has 2 rings (SSSR count). The van der Waals surface area contributed by atoms with E-state index in [2.05, 4.69) is 12.2 Å². The van der Waals surface area contributed by atoms with Crippen molar-refractivity contribution in [2.75, 3.05) is 18.0 Å². The lowest BCUT2D eigenvalue weighted by atomic mass is 10.1. The van der Waals surface area contributed by atoms with E-state index in [4.69, 9.17) is 4.98 Å². The van der Waals surface area contributed by atoms with Crippen molar-refractivity contribution in [2.45, 2.75) is 60.0 Å². The molecule has 29 heavy (non-hydrogen) atoms. The van der Waals surface area contributed by atoms with Gasteiger partial charge in [0.1, 0.15) is 0 Å². The highest BCUT2D eigenvalue weighted by molar-refractivity contribution is 7.14. The van der Waals surface area contributed by atoms with E-state index in [0.29, 0.717) is 18.2 Å². The number of anilines is 2. The summed E-state index contributed by atoms with van der Waals surface area (Å²) < 4.78 is 0. The van der Waals surface area contributed by atoms with Crippen molar-refractivity contribution in [3.63, 3.8) is 0 Å². The molecule has 1 heterocycles. The maximum atomic E-state index is 12.4. The second-order valence-electron chi connectivity index (χ2n) is 8.06. The molecule has 0 fully saturated rings. The Bertz CT molecular complexity index is 841. The van der Waals surface area contributed by atoms with E-state index in [-0.39, 0.29) is 17.4 Å². The predicted octanol–water partition coefficient (Wildman–Crippen LogP) is 4.13. The van der Waals surface area contributed by atoms with E-state index in [1.165, 1.54) is 11.3 Å². The van der Waals surface area contributed by atoms with Gasteiger partial charge in [0.05, 0.1) is 17.9 Å². The van der Waals surface area contributed by atoms with E-state index < -0.39 is 0 Å². The number of aromatic nitrogens is 1. The van der Waals surface area contributed by atoms with Crippen LogP contribution in [0.5, 0.6) is 0 Å². The highest BCUT2D eigenvalue weighted by Crippen LogP contribution is 2.32. The number of carbonyl (C=O) groups excluding carboxylic acids is 2. The van der Waals surface area contributed by atoms with E-state index in [1.807, 2.05) is 62.2 Å². The van der Waals surface area contributed by atoms with E-state index in [1.54, 1.807) is 11.8 Å². The topological polar surface area (TPSA) is 65.5 Å². The fourth-order valence-corrected chi connectivity index (χ4v) is 3.95. The minimum absolute atomic E-state index is 0.00274. The van der Waals surface area contributed by atoms with Crippen LogP contribution in [-0.2, 0) is 22.6 Å². The predicted molar refractivity (Wildman–Crippen MR) is 120 cm³/mol. The largest absolute Gasteiger partial charge is 0.350 e. The van der Waals surface area contributed by atoms with Gasteiger partial charge in [-0.15, -0.1) is 11.3 Å². The van der Waals surface area contributed by atoms with Crippen LogP contribution in [-0.4, -0.2) is 40.3 Å². The molecule has 0 aliphatic carbocycles. The summed E-state index contributed by atoms with van der Waals surface area (Å²) in [4.78, 5) is 33.1. The standard InChI is InChI=1S/C22H32N4O2S/c1-7-17-11-9-10-12-19(17)26(16(3)27)21-23-18(15-29-21)13-25(8-2)14-20(28)24-22(4,5)6/h9-12,15H,7-8,13-14H2,1-6H3,(H,24,28). The molecule has 1 aromatic heterocycles. The zero-order valence-electron chi connectivity index (χ0n) is 18.3. The number of hydrogen-bond donors (Lipinski definition) is 1. The first-order valence-electron chi connectivity index (χ1n) is 10.0. The molecule has 2 amide bonds. The fraction of sp³-hybridized carbons (Fsp3) is 0.500. The van der Waals surface area contributed by atoms with Crippen LogP contribution in [0.25, 0.3) is 0 Å². The van der Waals surface area contributed by atoms with Gasteiger partial charge in [0.2, 0.25) is 11.8 Å². The number of likely N-dealkylation sites (N-methyl/N-ethyl adjacent to an activating group) is 1. The van der Waals surface area contributed by atoms with Gasteiger partial charge in [-0.05, 0) is 45.4 Å². The van der Waals surface area contributed by atoms with Crippen molar-refractivity contribution in [1.29, 1.82) is 0 Å². The summed E-state index contributed by atoms with van der Waals surface area (Å²) in [6.45, 7) is 13.2. The van der Waals surface area contributed by atoms with Gasteiger partial charge in [0.25, 0.3) is 0 Å². The van der Waals surface area contributed by atoms with Gasteiger partial charge in [0, 0.05) is 24.4 Å². The molecule has 0 aliphatic rings. The van der Waals surface area contributed by atoms with Crippen molar-refractivity contribution in [1.82, 2.24) is 15.2 Å². The Morgan fingerprint density at radius 1 is 1.17 bits per heavy atom. The van der Waals surface area contributed by atoms with Gasteiger partial charge >= 0.3 is 0 Å². The first-order valence-corrected chi connectivity index (χ1v) is 10.9. The average Bonchev–Trinajstić information content (AvgIpc) is 3.07. The van der Waals surface area contributed by atoms with Crippen molar-refractivity contribution in [3.8, 4) is 0 Å². The zero-order chi connectivity index (χ0) is 21.6. The van der Waals surface area contributed by atoms with Gasteiger partial charge in [-0.25, -0.2) is 4.98 Å². The number of aryl methyl sites for hydroxylation is 1. The van der Waals surface area contributed by atoms with Crippen LogP contribution in [0.1, 0.15) is 52.8 Å². The number of thiazole rings is 1. The molecule has 0 aliphatic heterocycles. The SMILES string of the molecule is CCc1ccccc1N(C(C)=O)c1nc(CN(CC)CC(=O)NC(C)(C)C)cs1. The number of nitrogens with one attached hydrogen (secondary N) is 1. The quantitative estimate of drug-likeness (QED) is 0.703. The number of amides is 2. The number of hydrogen-bond acceptors (Lipinski definition) is 5. The molecule has 0 unspecified atom stereocenters. The van der Waals surface area contributed by atoms with Crippen LogP contribution in [0.2, 0.25) is 0 Å². The summed E-state index contributed by atoms with van der Waals surface area (Å²) >= 11 is 1.45. The Morgan fingerprint density at radius 3 is 2.45 bits per heavy atom. The lowest BCUT2D eigenvalue weighted by molar-refractivity contribution is -0.123. The molecule has 0 saturated heterocycles. The Morgan fingerprint density at radius 2 is 1.86 bits per heavy atom. The summed E-state index contributed by atoms with van der Waals surface area (Å²) in [5.41, 5.74) is 2.59. The molecule has 1 N–H and O–H groups in total. The smallest absolute Gasteiger partial charge is 0.234 e. The van der Waals surface area contributed by atoms with Crippen LogP contribution in [0.3, 0.4) is 0 Å². The molecular formula is C22H32N4O2S. The van der Waals surface area contributed by atoms with E-state index in [0.717, 1.165) is 29.9 Å². The Kier molecular flexibility index (Phi) is 7.93. The minimum atomic E-state index is -0.251. The average molecular weight is 417 g/mol. The second kappa shape index (κ2) is 9.98. The summed E-state index contributed by atoms with van der Waals surface area (Å²) in [6.07, 6.45) is 0.838. The highest BCUT2D eigenvalue weighted by atomic mass is 32.1. The Balaban J connectivity index is 2.17. The van der Waals surface area contributed by atoms with Crippen LogP contribution in [0.15, 0.2) is 29.6 Å². The van der Waals surface area contributed by atoms with Crippen molar-refractivity contribution >= 4 is 34.0 Å². The van der Waals surface area contributed by atoms with Gasteiger partial charge in [0.15, 0.2) is 5.13 Å². The van der Waals surface area contributed by atoms with Gasteiger partial charge in [-0.1, -0.05) is 32.0 Å². The Labute approximate surface area is 177 Å². The lowest BCUT2D eigenvalue weighted by Gasteiger charge is -2.24. The first-order chi connectivity index (χ1) is 13.6. The normalized spacial score (nSPS) is 11.6.